The van der Waals surface area contributed by atoms with E-state index in [1.165, 1.54) is 0 Å². The maximum atomic E-state index is 10.1. The van der Waals surface area contributed by atoms with Gasteiger partial charge in [0.2, 0.25) is 0 Å². The molecule has 2 N–H and O–H groups in total. The quantitative estimate of drug-likeness (QED) is 0.712. The first kappa shape index (κ1) is 16.4. The number of nitrogens with one attached hydrogen (secondary N) is 1. The van der Waals surface area contributed by atoms with E-state index in [-0.39, 0.29) is 0 Å². The Labute approximate surface area is 123 Å². The number of hydrogen-bond donors (Lipinski definition) is 2. The Morgan fingerprint density at radius 1 is 1.32 bits per heavy atom. The second-order valence-corrected chi connectivity index (χ2v) is 6.13. The number of rotatable bonds is 8. The van der Waals surface area contributed by atoms with Gasteiger partial charge in [0, 0.05) is 24.1 Å². The monoisotopic (exact) mass is 330 g/mol. The van der Waals surface area contributed by atoms with Crippen molar-refractivity contribution in [2.75, 3.05) is 40.3 Å². The Balaban J connectivity index is 2.16. The molecule has 0 saturated carbocycles. The molecule has 0 aliphatic rings. The van der Waals surface area contributed by atoms with Crippen LogP contribution >= 0.6 is 15.9 Å². The van der Waals surface area contributed by atoms with Crippen LogP contribution in [0.1, 0.15) is 6.92 Å². The number of aliphatic hydroxyl groups is 1. The van der Waals surface area contributed by atoms with Crippen LogP contribution in [-0.2, 0) is 0 Å². The Morgan fingerprint density at radius 2 is 1.95 bits per heavy atom. The van der Waals surface area contributed by atoms with Crippen LogP contribution in [-0.4, -0.2) is 55.9 Å². The second-order valence-electron chi connectivity index (χ2n) is 5.21. The molecule has 1 rings (SSSR count). The van der Waals surface area contributed by atoms with Crippen LogP contribution in [0.25, 0.3) is 0 Å². The van der Waals surface area contributed by atoms with Crippen LogP contribution in [0.3, 0.4) is 0 Å². The number of benzene rings is 1. The highest BCUT2D eigenvalue weighted by Gasteiger charge is 2.20. The summed E-state index contributed by atoms with van der Waals surface area (Å²) in [6, 6.07) is 7.74. The van der Waals surface area contributed by atoms with Crippen LogP contribution in [0, 0.1) is 0 Å². The van der Waals surface area contributed by atoms with Gasteiger partial charge in [0.15, 0.2) is 0 Å². The summed E-state index contributed by atoms with van der Waals surface area (Å²) in [5, 5.41) is 13.3. The lowest BCUT2D eigenvalue weighted by atomic mass is 10.1. The van der Waals surface area contributed by atoms with Crippen LogP contribution in [0.4, 0.5) is 0 Å². The van der Waals surface area contributed by atoms with Gasteiger partial charge in [-0.1, -0.05) is 15.9 Å². The van der Waals surface area contributed by atoms with E-state index >= 15 is 0 Å². The zero-order chi connectivity index (χ0) is 14.3. The molecule has 108 valence electrons. The lowest BCUT2D eigenvalue weighted by Gasteiger charge is -2.27. The number of halogens is 1. The molecule has 0 aromatic heterocycles. The van der Waals surface area contributed by atoms with Crippen molar-refractivity contribution < 1.29 is 9.84 Å². The fraction of sp³-hybridized carbons (Fsp3) is 0.571. The third-order valence-electron chi connectivity index (χ3n) is 2.52. The van der Waals surface area contributed by atoms with Crippen molar-refractivity contribution in [1.29, 1.82) is 0 Å². The van der Waals surface area contributed by atoms with E-state index in [0.29, 0.717) is 26.2 Å². The molecular formula is C14H23BrN2O2. The van der Waals surface area contributed by atoms with Gasteiger partial charge in [-0.15, -0.1) is 0 Å². The highest BCUT2D eigenvalue weighted by molar-refractivity contribution is 9.10. The summed E-state index contributed by atoms with van der Waals surface area (Å²) in [7, 11) is 3.90. The molecule has 1 aromatic rings. The van der Waals surface area contributed by atoms with Gasteiger partial charge in [-0.25, -0.2) is 0 Å². The minimum atomic E-state index is -0.721. The second kappa shape index (κ2) is 7.85. The number of ether oxygens (including phenoxy) is 1. The Hall–Kier alpha value is -0.620. The molecule has 4 nitrogen and oxygen atoms in total. The van der Waals surface area contributed by atoms with Gasteiger partial charge in [-0.05, 0) is 45.3 Å². The molecule has 0 aliphatic heterocycles. The molecule has 1 aromatic carbocycles. The summed E-state index contributed by atoms with van der Waals surface area (Å²) >= 11 is 3.38. The topological polar surface area (TPSA) is 44.7 Å². The largest absolute Gasteiger partial charge is 0.492 e. The van der Waals surface area contributed by atoms with Crippen molar-refractivity contribution >= 4 is 15.9 Å². The molecule has 5 heteroatoms. The minimum Gasteiger partial charge on any atom is -0.492 e. The maximum absolute atomic E-state index is 10.1. The summed E-state index contributed by atoms with van der Waals surface area (Å²) < 4.78 is 6.62. The molecule has 0 heterocycles. The highest BCUT2D eigenvalue weighted by atomic mass is 79.9. The van der Waals surface area contributed by atoms with Crippen LogP contribution in [0.2, 0.25) is 0 Å². The molecule has 0 amide bonds. The van der Waals surface area contributed by atoms with Crippen molar-refractivity contribution in [3.8, 4) is 5.75 Å². The van der Waals surface area contributed by atoms with Crippen molar-refractivity contribution in [3.05, 3.63) is 28.7 Å². The van der Waals surface area contributed by atoms with E-state index < -0.39 is 5.60 Å². The number of nitrogens with zero attached hydrogens (tertiary/aromatic N) is 1. The minimum absolute atomic E-state index is 0.550. The van der Waals surface area contributed by atoms with Crippen molar-refractivity contribution in [2.45, 2.75) is 12.5 Å². The Kier molecular flexibility index (Phi) is 6.79. The van der Waals surface area contributed by atoms with Gasteiger partial charge < -0.3 is 20.1 Å². The first-order chi connectivity index (χ1) is 8.89. The smallest absolute Gasteiger partial charge is 0.119 e. The summed E-state index contributed by atoms with van der Waals surface area (Å²) in [6.45, 7) is 4.30. The summed E-state index contributed by atoms with van der Waals surface area (Å²) in [5.74, 6) is 0.852. The van der Waals surface area contributed by atoms with Gasteiger partial charge in [0.1, 0.15) is 12.4 Å². The van der Waals surface area contributed by atoms with E-state index in [4.69, 9.17) is 4.74 Å². The molecule has 0 fully saturated rings. The molecule has 0 spiro atoms. The third kappa shape index (κ3) is 7.52. The summed E-state index contributed by atoms with van der Waals surface area (Å²) in [5.41, 5.74) is -0.721. The fourth-order valence-corrected chi connectivity index (χ4v) is 2.13. The van der Waals surface area contributed by atoms with Crippen molar-refractivity contribution in [1.82, 2.24) is 10.2 Å². The molecule has 0 saturated heterocycles. The number of hydrogen-bond acceptors (Lipinski definition) is 4. The highest BCUT2D eigenvalue weighted by Crippen LogP contribution is 2.15. The van der Waals surface area contributed by atoms with E-state index in [2.05, 4.69) is 21.2 Å². The average molecular weight is 331 g/mol. The standard InChI is InChI=1S/C14H23BrN2O2/c1-14(18,11-17(2)3)10-16-8-9-19-13-6-4-12(15)5-7-13/h4-7,16,18H,8-11H2,1-3H3. The molecule has 1 unspecified atom stereocenters. The summed E-state index contributed by atoms with van der Waals surface area (Å²) in [4.78, 5) is 1.97. The van der Waals surface area contributed by atoms with Gasteiger partial charge in [0.25, 0.3) is 0 Å². The molecular weight excluding hydrogens is 308 g/mol. The lowest BCUT2D eigenvalue weighted by molar-refractivity contribution is 0.0333. The van der Waals surface area contributed by atoms with Gasteiger partial charge in [-0.2, -0.15) is 0 Å². The van der Waals surface area contributed by atoms with Crippen molar-refractivity contribution in [3.63, 3.8) is 0 Å². The molecule has 0 bridgehead atoms. The lowest BCUT2D eigenvalue weighted by Crippen LogP contribution is -2.46. The third-order valence-corrected chi connectivity index (χ3v) is 3.05. The normalized spacial score (nSPS) is 14.4. The molecule has 0 aliphatic carbocycles. The average Bonchev–Trinajstić information content (AvgIpc) is 2.29. The zero-order valence-electron chi connectivity index (χ0n) is 11.8. The predicted molar refractivity (Wildman–Crippen MR) is 81.7 cm³/mol. The van der Waals surface area contributed by atoms with E-state index in [1.54, 1.807) is 0 Å². The summed E-state index contributed by atoms with van der Waals surface area (Å²) in [6.07, 6.45) is 0. The van der Waals surface area contributed by atoms with Crippen LogP contribution < -0.4 is 10.1 Å². The SMILES string of the molecule is CN(C)CC(C)(O)CNCCOc1ccc(Br)cc1. The van der Waals surface area contributed by atoms with Gasteiger partial charge in [0.05, 0.1) is 5.60 Å². The maximum Gasteiger partial charge on any atom is 0.119 e. The van der Waals surface area contributed by atoms with Crippen LogP contribution in [0.15, 0.2) is 28.7 Å². The van der Waals surface area contributed by atoms with Crippen molar-refractivity contribution in [2.24, 2.45) is 0 Å². The van der Waals surface area contributed by atoms with Crippen LogP contribution in [0.5, 0.6) is 5.75 Å². The van der Waals surface area contributed by atoms with E-state index in [1.807, 2.05) is 50.2 Å². The Morgan fingerprint density at radius 3 is 2.53 bits per heavy atom. The first-order valence-corrected chi connectivity index (χ1v) is 7.14. The molecule has 1 atom stereocenters. The van der Waals surface area contributed by atoms with Gasteiger partial charge >= 0.3 is 0 Å². The fourth-order valence-electron chi connectivity index (χ4n) is 1.87. The Bertz CT molecular complexity index is 366. The molecule has 19 heavy (non-hydrogen) atoms. The predicted octanol–water partition coefficient (Wildman–Crippen LogP) is 1.73. The van der Waals surface area contributed by atoms with E-state index in [0.717, 1.165) is 10.2 Å². The number of likely N-dealkylation sites (N-methyl/N-ethyl adjacent to an activating group) is 1. The first-order valence-electron chi connectivity index (χ1n) is 6.35. The zero-order valence-corrected chi connectivity index (χ0v) is 13.4. The van der Waals surface area contributed by atoms with Gasteiger partial charge in [-0.3, -0.25) is 0 Å². The van der Waals surface area contributed by atoms with E-state index in [9.17, 15) is 5.11 Å². The molecule has 0 radical (unpaired) electrons.